The average Bonchev–Trinajstić information content (AvgIpc) is 3.63. The molecule has 3 aromatic carbocycles. The Labute approximate surface area is 244 Å². The van der Waals surface area contributed by atoms with E-state index in [0.717, 1.165) is 29.7 Å². The smallest absolute Gasteiger partial charge is 0.416 e. The number of hydrogen-bond acceptors (Lipinski definition) is 6. The summed E-state index contributed by atoms with van der Waals surface area (Å²) in [5.41, 5.74) is 0.622. The Morgan fingerprint density at radius 2 is 1.81 bits per heavy atom. The summed E-state index contributed by atoms with van der Waals surface area (Å²) >= 11 is -1.52. The van der Waals surface area contributed by atoms with Crippen molar-refractivity contribution in [2.75, 3.05) is 6.54 Å². The van der Waals surface area contributed by atoms with Crippen molar-refractivity contribution in [2.24, 2.45) is 0 Å². The third kappa shape index (κ3) is 6.67. The van der Waals surface area contributed by atoms with E-state index in [2.05, 4.69) is 5.32 Å². The van der Waals surface area contributed by atoms with E-state index in [1.807, 2.05) is 30.3 Å². The van der Waals surface area contributed by atoms with Crippen molar-refractivity contribution in [3.63, 3.8) is 0 Å². The molecule has 1 aliphatic heterocycles. The molecule has 12 heteroatoms. The molecule has 0 spiro atoms. The molecule has 1 N–H and O–H groups in total. The first-order chi connectivity index (χ1) is 19.9. The number of carbonyl (C=O) groups is 1. The first kappa shape index (κ1) is 30.1. The van der Waals surface area contributed by atoms with Gasteiger partial charge >= 0.3 is 6.18 Å². The monoisotopic (exact) mass is 618 g/mol. The standard InChI is InChI=1S/C30H29F3N2O5S2/c1-20(28-17-23-7-2-3-10-27(23)40-28)41(37)35-15-5-9-26(35)29(36)34-18-22-6-4-8-25(16-22)42(38,39)19-21-11-13-24(14-12-21)30(31,32)33/h2-4,6-8,10-14,16-17,20,26H,5,9,15,18-19H2,1H3,(H,34,36)/t20-,26+,41+/m1/s1. The maximum atomic E-state index is 13.5. The van der Waals surface area contributed by atoms with Gasteiger partial charge in [0.15, 0.2) is 20.8 Å². The second kappa shape index (κ2) is 12.1. The Morgan fingerprint density at radius 1 is 1.07 bits per heavy atom. The minimum absolute atomic E-state index is 0.00240. The third-order valence-corrected chi connectivity index (χ3v) is 10.7. The van der Waals surface area contributed by atoms with Crippen molar-refractivity contribution in [3.05, 3.63) is 101 Å². The number of nitrogens with zero attached hydrogens (tertiary/aromatic N) is 1. The van der Waals surface area contributed by atoms with Gasteiger partial charge in [-0.2, -0.15) is 13.2 Å². The van der Waals surface area contributed by atoms with Gasteiger partial charge in [-0.3, -0.25) is 4.79 Å². The minimum Gasteiger partial charge on any atom is -0.597 e. The fraction of sp³-hybridized carbons (Fsp3) is 0.300. The van der Waals surface area contributed by atoms with Crippen LogP contribution < -0.4 is 5.32 Å². The summed E-state index contributed by atoms with van der Waals surface area (Å²) in [6.07, 6.45) is -3.27. The first-order valence-corrected chi connectivity index (χ1v) is 16.2. The molecule has 0 saturated carbocycles. The number of para-hydroxylation sites is 1. The Bertz CT molecular complexity index is 1640. The van der Waals surface area contributed by atoms with E-state index < -0.39 is 50.0 Å². The van der Waals surface area contributed by atoms with E-state index in [1.54, 1.807) is 23.4 Å². The van der Waals surface area contributed by atoms with E-state index in [4.69, 9.17) is 4.42 Å². The van der Waals surface area contributed by atoms with Gasteiger partial charge in [0, 0.05) is 18.5 Å². The quantitative estimate of drug-likeness (QED) is 0.233. The highest BCUT2D eigenvalue weighted by atomic mass is 32.2. The Kier molecular flexibility index (Phi) is 8.70. The van der Waals surface area contributed by atoms with Crippen LogP contribution in [-0.2, 0) is 44.5 Å². The van der Waals surface area contributed by atoms with E-state index in [1.165, 1.54) is 12.1 Å². The summed E-state index contributed by atoms with van der Waals surface area (Å²) in [5.74, 6) is -0.196. The number of alkyl halides is 3. The van der Waals surface area contributed by atoms with E-state index in [-0.39, 0.29) is 22.9 Å². The van der Waals surface area contributed by atoms with Gasteiger partial charge in [-0.15, -0.1) is 4.31 Å². The number of furan rings is 1. The fourth-order valence-electron chi connectivity index (χ4n) is 4.97. The number of amides is 1. The van der Waals surface area contributed by atoms with Gasteiger partial charge in [0.1, 0.15) is 11.6 Å². The van der Waals surface area contributed by atoms with Gasteiger partial charge in [-0.1, -0.05) is 42.5 Å². The highest BCUT2D eigenvalue weighted by Gasteiger charge is 2.42. The summed E-state index contributed by atoms with van der Waals surface area (Å²) in [7, 11) is -3.86. The molecule has 0 unspecified atom stereocenters. The van der Waals surface area contributed by atoms with Gasteiger partial charge in [0.05, 0.1) is 27.6 Å². The summed E-state index contributed by atoms with van der Waals surface area (Å²) in [5, 5.41) is 3.29. The molecule has 1 fully saturated rings. The maximum absolute atomic E-state index is 13.5. The number of sulfone groups is 1. The fourth-order valence-corrected chi connectivity index (χ4v) is 7.87. The van der Waals surface area contributed by atoms with Crippen LogP contribution in [0, 0.1) is 0 Å². The van der Waals surface area contributed by atoms with Crippen LogP contribution in [0.5, 0.6) is 0 Å². The van der Waals surface area contributed by atoms with Crippen molar-refractivity contribution in [1.82, 2.24) is 9.62 Å². The van der Waals surface area contributed by atoms with Gasteiger partial charge < -0.3 is 14.3 Å². The molecule has 3 atom stereocenters. The lowest BCUT2D eigenvalue weighted by Gasteiger charge is -2.28. The number of carbonyl (C=O) groups excluding carboxylic acids is 1. The van der Waals surface area contributed by atoms with Crippen molar-refractivity contribution in [1.29, 1.82) is 0 Å². The molecule has 1 amide bonds. The van der Waals surface area contributed by atoms with Gasteiger partial charge in [-0.25, -0.2) is 8.42 Å². The average molecular weight is 619 g/mol. The van der Waals surface area contributed by atoms with Crippen LogP contribution in [0.4, 0.5) is 13.2 Å². The molecule has 2 heterocycles. The molecular weight excluding hydrogens is 589 g/mol. The number of benzene rings is 3. The molecule has 0 aliphatic carbocycles. The second-order valence-corrected chi connectivity index (χ2v) is 13.9. The van der Waals surface area contributed by atoms with Crippen LogP contribution in [0.25, 0.3) is 11.0 Å². The Balaban J connectivity index is 1.21. The molecule has 0 radical (unpaired) electrons. The minimum atomic E-state index is -4.51. The zero-order valence-corrected chi connectivity index (χ0v) is 24.3. The Hall–Kier alpha value is -3.32. The van der Waals surface area contributed by atoms with Gasteiger partial charge in [-0.05, 0) is 67.3 Å². The predicted molar refractivity (Wildman–Crippen MR) is 153 cm³/mol. The largest absolute Gasteiger partial charge is 0.597 e. The zero-order chi connectivity index (χ0) is 30.1. The van der Waals surface area contributed by atoms with Crippen molar-refractivity contribution in [3.8, 4) is 0 Å². The molecule has 1 aromatic heterocycles. The van der Waals surface area contributed by atoms with Gasteiger partial charge in [0.2, 0.25) is 5.91 Å². The number of nitrogens with one attached hydrogen (secondary N) is 1. The predicted octanol–water partition coefficient (Wildman–Crippen LogP) is 5.93. The maximum Gasteiger partial charge on any atom is 0.416 e. The van der Waals surface area contributed by atoms with Crippen molar-refractivity contribution >= 4 is 38.1 Å². The lowest BCUT2D eigenvalue weighted by Crippen LogP contribution is -2.46. The summed E-state index contributed by atoms with van der Waals surface area (Å²) < 4.78 is 85.5. The molecule has 42 heavy (non-hydrogen) atoms. The van der Waals surface area contributed by atoms with Crippen LogP contribution in [0.15, 0.2) is 88.2 Å². The van der Waals surface area contributed by atoms with E-state index in [9.17, 15) is 30.9 Å². The Morgan fingerprint density at radius 3 is 2.52 bits per heavy atom. The number of rotatable bonds is 9. The van der Waals surface area contributed by atoms with Crippen LogP contribution in [-0.4, -0.2) is 35.8 Å². The van der Waals surface area contributed by atoms with Crippen LogP contribution in [0.1, 0.15) is 47.5 Å². The first-order valence-electron chi connectivity index (χ1n) is 13.3. The number of hydrogen-bond donors (Lipinski definition) is 1. The highest BCUT2D eigenvalue weighted by molar-refractivity contribution is 7.90. The topological polar surface area (TPSA) is 103 Å². The molecule has 1 aliphatic rings. The summed E-state index contributed by atoms with van der Waals surface area (Å²) in [4.78, 5) is 13.1. The van der Waals surface area contributed by atoms with Crippen molar-refractivity contribution in [2.45, 2.75) is 54.4 Å². The van der Waals surface area contributed by atoms with Crippen LogP contribution in [0.2, 0.25) is 0 Å². The second-order valence-electron chi connectivity index (χ2n) is 10.2. The van der Waals surface area contributed by atoms with Crippen LogP contribution in [0.3, 0.4) is 0 Å². The molecule has 7 nitrogen and oxygen atoms in total. The SMILES string of the molecule is C[C@H](c1cc2ccccc2o1)[S@+]([O-])N1CCC[C@H]1C(=O)NCc1cccc(S(=O)(=O)Cc2ccc(C(F)(F)F)cc2)c1. The van der Waals surface area contributed by atoms with Crippen molar-refractivity contribution < 1.29 is 35.4 Å². The molecule has 0 bridgehead atoms. The molecule has 5 rings (SSSR count). The van der Waals surface area contributed by atoms with E-state index >= 15 is 0 Å². The molecule has 1 saturated heterocycles. The molecular formula is C30H29F3N2O5S2. The lowest BCUT2D eigenvalue weighted by atomic mass is 10.1. The number of halogens is 3. The summed E-state index contributed by atoms with van der Waals surface area (Å²) in [6, 6.07) is 18.9. The zero-order valence-electron chi connectivity index (χ0n) is 22.6. The van der Waals surface area contributed by atoms with E-state index in [0.29, 0.717) is 36.3 Å². The molecule has 222 valence electrons. The number of fused-ring (bicyclic) bond motifs is 1. The summed E-state index contributed by atoms with van der Waals surface area (Å²) in [6.45, 7) is 2.35. The lowest BCUT2D eigenvalue weighted by molar-refractivity contribution is -0.137. The van der Waals surface area contributed by atoms with Crippen LogP contribution >= 0.6 is 0 Å². The third-order valence-electron chi connectivity index (χ3n) is 7.25. The highest BCUT2D eigenvalue weighted by Crippen LogP contribution is 2.34. The van der Waals surface area contributed by atoms with Gasteiger partial charge in [0.25, 0.3) is 0 Å². The normalized spacial score (nSPS) is 17.8. The molecule has 4 aromatic rings.